The van der Waals surface area contributed by atoms with Crippen LogP contribution in [0, 0.1) is 0 Å². The van der Waals surface area contributed by atoms with E-state index in [4.69, 9.17) is 33.5 Å². The van der Waals surface area contributed by atoms with Crippen LogP contribution >= 0.6 is 0 Å². The molecule has 3 rings (SSSR count). The standard InChI is InChI=1S/C28H46N2O23/c1-6(34)29-11-15(39)13(37)9(4-32)48-26(11)52-22-17(41)19(43)28(53-23(22)25(46)47)51-21-12(30-7(2)35)27(49-10(5-33)14(21)38)50-20(8(36)3-31)16(40)18(42)24(44)45/h8-23,26-28,31-33,36-43H,3-5H2,1-2H3,(H,29,34)(H,30,35)(H,44,45)(H,46,47)/t8-,9-,10-,11-,12-,13-,14-,15-,16-,17-,18-,19-,20-,21-,22+,23+,26+,27+,28-/m1/s1. The van der Waals surface area contributed by atoms with Crippen LogP contribution in [-0.2, 0) is 47.6 Å². The summed E-state index contributed by atoms with van der Waals surface area (Å²) < 4.78 is 33.0. The van der Waals surface area contributed by atoms with Gasteiger partial charge >= 0.3 is 11.9 Å². The highest BCUT2D eigenvalue weighted by Gasteiger charge is 2.56. The lowest BCUT2D eigenvalue weighted by atomic mass is 9.94. The van der Waals surface area contributed by atoms with Gasteiger partial charge in [0, 0.05) is 13.8 Å². The number of ether oxygens (including phenoxy) is 6. The van der Waals surface area contributed by atoms with E-state index >= 15 is 0 Å². The Morgan fingerprint density at radius 3 is 1.70 bits per heavy atom. The van der Waals surface area contributed by atoms with E-state index in [9.17, 15) is 80.5 Å². The molecule has 0 saturated carbocycles. The van der Waals surface area contributed by atoms with E-state index in [-0.39, 0.29) is 0 Å². The van der Waals surface area contributed by atoms with Gasteiger partial charge in [-0.2, -0.15) is 0 Å². The lowest BCUT2D eigenvalue weighted by Gasteiger charge is -2.49. The quantitative estimate of drug-likeness (QED) is 0.0691. The van der Waals surface area contributed by atoms with E-state index < -0.39 is 160 Å². The van der Waals surface area contributed by atoms with E-state index in [0.29, 0.717) is 0 Å². The molecule has 3 aliphatic heterocycles. The van der Waals surface area contributed by atoms with Crippen LogP contribution in [0.3, 0.4) is 0 Å². The number of hydrogen-bond acceptors (Lipinski definition) is 21. The fraction of sp³-hybridized carbons (Fsp3) is 0.857. The number of nitrogens with one attached hydrogen (secondary N) is 2. The van der Waals surface area contributed by atoms with E-state index in [0.717, 1.165) is 13.8 Å². The summed E-state index contributed by atoms with van der Waals surface area (Å²) in [6.45, 7) is -1.16. The monoisotopic (exact) mass is 778 g/mol. The highest BCUT2D eigenvalue weighted by molar-refractivity contribution is 5.74. The van der Waals surface area contributed by atoms with E-state index in [1.54, 1.807) is 0 Å². The van der Waals surface area contributed by atoms with Gasteiger partial charge in [0.2, 0.25) is 11.8 Å². The van der Waals surface area contributed by atoms with Crippen molar-refractivity contribution in [1.82, 2.24) is 10.6 Å². The Hall–Kier alpha value is -2.80. The zero-order valence-corrected chi connectivity index (χ0v) is 28.0. The molecule has 0 aromatic carbocycles. The van der Waals surface area contributed by atoms with Crippen LogP contribution in [0.15, 0.2) is 0 Å². The zero-order chi connectivity index (χ0) is 40.1. The highest BCUT2D eigenvalue weighted by Crippen LogP contribution is 2.33. The number of carboxylic acid groups (broad SMARTS) is 2. The van der Waals surface area contributed by atoms with Crippen molar-refractivity contribution in [3.05, 3.63) is 0 Å². The van der Waals surface area contributed by atoms with Crippen LogP contribution in [0.1, 0.15) is 13.8 Å². The number of aliphatic carboxylic acids is 2. The Morgan fingerprint density at radius 2 is 1.19 bits per heavy atom. The number of aliphatic hydroxyl groups is 11. The summed E-state index contributed by atoms with van der Waals surface area (Å²) in [5.41, 5.74) is 0. The first-order chi connectivity index (χ1) is 24.8. The Labute approximate surface area is 298 Å². The van der Waals surface area contributed by atoms with Gasteiger partial charge in [-0.05, 0) is 0 Å². The number of carboxylic acids is 2. The summed E-state index contributed by atoms with van der Waals surface area (Å²) in [4.78, 5) is 47.8. The zero-order valence-electron chi connectivity index (χ0n) is 28.0. The Balaban J connectivity index is 1.95. The van der Waals surface area contributed by atoms with Crippen molar-refractivity contribution in [1.29, 1.82) is 0 Å². The van der Waals surface area contributed by atoms with Gasteiger partial charge in [-0.3, -0.25) is 9.59 Å². The smallest absolute Gasteiger partial charge is 0.335 e. The summed E-state index contributed by atoms with van der Waals surface area (Å²) in [7, 11) is 0. The molecule has 0 aliphatic carbocycles. The average Bonchev–Trinajstić information content (AvgIpc) is 3.10. The van der Waals surface area contributed by atoms with E-state index in [1.807, 2.05) is 0 Å². The molecule has 25 heteroatoms. The Morgan fingerprint density at radius 1 is 0.660 bits per heavy atom. The summed E-state index contributed by atoms with van der Waals surface area (Å²) >= 11 is 0. The minimum absolute atomic E-state index is 0.776. The fourth-order valence-electron chi connectivity index (χ4n) is 5.91. The van der Waals surface area contributed by atoms with Gasteiger partial charge in [0.25, 0.3) is 0 Å². The molecule has 19 atom stereocenters. The molecule has 0 aromatic heterocycles. The first-order valence-electron chi connectivity index (χ1n) is 16.0. The summed E-state index contributed by atoms with van der Waals surface area (Å²) in [5.74, 6) is -5.53. The second-order valence-electron chi connectivity index (χ2n) is 12.4. The Kier molecular flexibility index (Phi) is 16.1. The van der Waals surface area contributed by atoms with Gasteiger partial charge in [-0.25, -0.2) is 9.59 Å². The average molecular weight is 779 g/mol. The third kappa shape index (κ3) is 10.3. The van der Waals surface area contributed by atoms with Crippen molar-refractivity contribution in [2.24, 2.45) is 0 Å². The molecule has 0 unspecified atom stereocenters. The maximum absolute atomic E-state index is 12.4. The normalized spacial score (nSPS) is 40.0. The van der Waals surface area contributed by atoms with Gasteiger partial charge in [0.15, 0.2) is 31.1 Å². The Bertz CT molecular complexity index is 1250. The van der Waals surface area contributed by atoms with Crippen LogP contribution in [-0.4, -0.2) is 226 Å². The first-order valence-corrected chi connectivity index (χ1v) is 16.0. The fourth-order valence-corrected chi connectivity index (χ4v) is 5.91. The number of carbonyl (C=O) groups excluding carboxylic acids is 2. The van der Waals surface area contributed by atoms with Gasteiger partial charge in [-0.15, -0.1) is 0 Å². The molecule has 3 fully saturated rings. The summed E-state index contributed by atoms with van der Waals surface area (Å²) in [6.07, 6.45) is -35.5. The van der Waals surface area contributed by atoms with Crippen molar-refractivity contribution < 1.29 is 114 Å². The molecule has 53 heavy (non-hydrogen) atoms. The first kappa shape index (κ1) is 44.6. The molecule has 0 bridgehead atoms. The summed E-state index contributed by atoms with van der Waals surface area (Å²) in [6, 6.07) is -3.46. The van der Waals surface area contributed by atoms with Crippen molar-refractivity contribution >= 4 is 23.8 Å². The van der Waals surface area contributed by atoms with Gasteiger partial charge < -0.3 is 105 Å². The molecular weight excluding hydrogens is 732 g/mol. The lowest BCUT2D eigenvalue weighted by molar-refractivity contribution is -0.364. The van der Waals surface area contributed by atoms with Crippen LogP contribution in [0.4, 0.5) is 0 Å². The van der Waals surface area contributed by atoms with E-state index in [2.05, 4.69) is 10.6 Å². The molecule has 25 nitrogen and oxygen atoms in total. The second-order valence-corrected chi connectivity index (χ2v) is 12.4. The van der Waals surface area contributed by atoms with Gasteiger partial charge in [0.05, 0.1) is 19.8 Å². The maximum atomic E-state index is 12.4. The number of carbonyl (C=O) groups is 4. The molecule has 0 radical (unpaired) electrons. The maximum Gasteiger partial charge on any atom is 0.335 e. The molecule has 3 saturated heterocycles. The van der Waals surface area contributed by atoms with Crippen LogP contribution in [0.25, 0.3) is 0 Å². The minimum Gasteiger partial charge on any atom is -0.479 e. The molecule has 3 heterocycles. The topological polar surface area (TPSA) is 411 Å². The highest BCUT2D eigenvalue weighted by atomic mass is 16.8. The van der Waals surface area contributed by atoms with E-state index in [1.165, 1.54) is 0 Å². The second kappa shape index (κ2) is 19.2. The number of amides is 2. The molecule has 0 spiro atoms. The molecule has 15 N–H and O–H groups in total. The number of rotatable bonds is 16. The molecule has 3 aliphatic rings. The molecule has 306 valence electrons. The van der Waals surface area contributed by atoms with Crippen LogP contribution < -0.4 is 10.6 Å². The van der Waals surface area contributed by atoms with Crippen molar-refractivity contribution in [2.45, 2.75) is 130 Å². The van der Waals surface area contributed by atoms with Crippen molar-refractivity contribution in [3.63, 3.8) is 0 Å². The number of aliphatic hydroxyl groups excluding tert-OH is 11. The minimum atomic E-state index is -2.61. The van der Waals surface area contributed by atoms with Gasteiger partial charge in [0.1, 0.15) is 85.3 Å². The summed E-state index contributed by atoms with van der Waals surface area (Å²) in [5, 5.41) is 137. The van der Waals surface area contributed by atoms with Crippen LogP contribution in [0.2, 0.25) is 0 Å². The number of hydrogen-bond donors (Lipinski definition) is 15. The predicted octanol–water partition coefficient (Wildman–Crippen LogP) is -9.64. The largest absolute Gasteiger partial charge is 0.479 e. The molecule has 2 amide bonds. The van der Waals surface area contributed by atoms with Crippen molar-refractivity contribution in [3.8, 4) is 0 Å². The third-order valence-electron chi connectivity index (χ3n) is 8.62. The lowest BCUT2D eigenvalue weighted by Crippen LogP contribution is -2.70. The van der Waals surface area contributed by atoms with Gasteiger partial charge in [-0.1, -0.05) is 0 Å². The molecular formula is C28H46N2O23. The van der Waals surface area contributed by atoms with Crippen molar-refractivity contribution in [2.75, 3.05) is 19.8 Å². The third-order valence-corrected chi connectivity index (χ3v) is 8.62. The van der Waals surface area contributed by atoms with Crippen LogP contribution in [0.5, 0.6) is 0 Å². The SMILES string of the molecule is CC(=O)N[C@H]1[C@H](O[C@H]2[C@H](O)[C@@H](O)[C@H](O[C@H]3[C@H](O)[C@@H](CO)O[C@@H](O[C@@H]([C@H](O)[C@@H](O)C(=O)O)[C@H](O)CO)[C@@H]3NC(C)=O)O[C@@H]2C(=O)O)O[C@H](CO)[C@@H](O)[C@@H]1O. The molecule has 0 aromatic rings. The predicted molar refractivity (Wildman–Crippen MR) is 160 cm³/mol.